The van der Waals surface area contributed by atoms with Crippen LogP contribution in [0.2, 0.25) is 0 Å². The highest BCUT2D eigenvalue weighted by atomic mass is 32.2. The largest absolute Gasteiger partial charge is 0.352 e. The monoisotopic (exact) mass is 402 g/mol. The van der Waals surface area contributed by atoms with Crippen LogP contribution in [0, 0.1) is 12.3 Å². The molecule has 1 amide bonds. The fourth-order valence-corrected chi connectivity index (χ4v) is 5.06. The van der Waals surface area contributed by atoms with Gasteiger partial charge in [-0.05, 0) is 24.0 Å². The van der Waals surface area contributed by atoms with E-state index >= 15 is 0 Å². The number of terminal acetylenes is 1. The Kier molecular flexibility index (Phi) is 6.47. The summed E-state index contributed by atoms with van der Waals surface area (Å²) in [5, 5.41) is 10.9. The minimum atomic E-state index is -3.32. The van der Waals surface area contributed by atoms with E-state index in [0.29, 0.717) is 45.3 Å². The highest BCUT2D eigenvalue weighted by Crippen LogP contribution is 2.37. The number of nitrogens with zero attached hydrogens (tertiary/aromatic N) is 3. The first-order valence-electron chi connectivity index (χ1n) is 9.63. The van der Waals surface area contributed by atoms with Gasteiger partial charge in [-0.15, -0.1) is 12.3 Å². The zero-order valence-corrected chi connectivity index (χ0v) is 16.7. The normalized spacial score (nSPS) is 18.0. The molecule has 1 aromatic carbocycles. The molecule has 2 heterocycles. The molecule has 0 atom stereocenters. The predicted molar refractivity (Wildman–Crippen MR) is 107 cm³/mol. The number of rotatable bonds is 10. The molecule has 8 heteroatoms. The Morgan fingerprint density at radius 2 is 1.86 bits per heavy atom. The number of hydrogen-bond acceptors (Lipinski definition) is 5. The Morgan fingerprint density at radius 1 is 1.18 bits per heavy atom. The third kappa shape index (κ3) is 5.40. The van der Waals surface area contributed by atoms with Gasteiger partial charge in [0.15, 0.2) is 5.66 Å². The van der Waals surface area contributed by atoms with E-state index in [4.69, 9.17) is 6.42 Å². The van der Waals surface area contributed by atoms with Crippen molar-refractivity contribution in [2.45, 2.75) is 56.5 Å². The van der Waals surface area contributed by atoms with Gasteiger partial charge >= 0.3 is 0 Å². The van der Waals surface area contributed by atoms with E-state index in [1.807, 2.05) is 24.3 Å². The Bertz CT molecular complexity index is 877. The van der Waals surface area contributed by atoms with Crippen LogP contribution in [0.4, 0.5) is 0 Å². The van der Waals surface area contributed by atoms with E-state index in [2.05, 4.69) is 21.5 Å². The molecule has 28 heavy (non-hydrogen) atoms. The molecule has 0 saturated carbocycles. The molecular formula is C20H26N4O3S. The second kappa shape index (κ2) is 8.84. The molecule has 150 valence electrons. The number of hydrogen-bond donors (Lipinski definition) is 1. The summed E-state index contributed by atoms with van der Waals surface area (Å²) in [6, 6.07) is 7.34. The van der Waals surface area contributed by atoms with Crippen molar-refractivity contribution in [3.63, 3.8) is 0 Å². The molecule has 3 rings (SSSR count). The van der Waals surface area contributed by atoms with E-state index in [9.17, 15) is 13.2 Å². The lowest BCUT2D eigenvalue weighted by Crippen LogP contribution is -2.30. The zero-order valence-electron chi connectivity index (χ0n) is 15.9. The molecule has 2 aliphatic rings. The van der Waals surface area contributed by atoms with Crippen LogP contribution in [0.25, 0.3) is 0 Å². The van der Waals surface area contributed by atoms with Gasteiger partial charge in [0.1, 0.15) is 0 Å². The average molecular weight is 403 g/mol. The SMILES string of the molecule is C#CCCC1(CCC(=O)NCc2ccccc2CS(=O)(=O)N2CCCC2)N=N1. The van der Waals surface area contributed by atoms with Crippen molar-refractivity contribution in [2.75, 3.05) is 13.1 Å². The molecule has 1 saturated heterocycles. The molecule has 0 radical (unpaired) electrons. The van der Waals surface area contributed by atoms with Crippen LogP contribution in [-0.4, -0.2) is 37.4 Å². The second-order valence-corrected chi connectivity index (χ2v) is 9.26. The van der Waals surface area contributed by atoms with Gasteiger partial charge in [0.05, 0.1) is 5.75 Å². The van der Waals surface area contributed by atoms with E-state index in [1.54, 1.807) is 4.31 Å². The quantitative estimate of drug-likeness (QED) is 0.610. The summed E-state index contributed by atoms with van der Waals surface area (Å²) in [5.74, 6) is 2.43. The van der Waals surface area contributed by atoms with Gasteiger partial charge in [0, 0.05) is 45.3 Å². The van der Waals surface area contributed by atoms with Crippen molar-refractivity contribution in [1.82, 2.24) is 9.62 Å². The van der Waals surface area contributed by atoms with E-state index in [1.165, 1.54) is 0 Å². The molecule has 0 aromatic heterocycles. The first-order chi connectivity index (χ1) is 13.4. The van der Waals surface area contributed by atoms with E-state index < -0.39 is 15.7 Å². The molecule has 2 aliphatic heterocycles. The van der Waals surface area contributed by atoms with Crippen LogP contribution >= 0.6 is 0 Å². The first kappa shape index (κ1) is 20.5. The lowest BCUT2D eigenvalue weighted by Gasteiger charge is -2.17. The van der Waals surface area contributed by atoms with Gasteiger partial charge in [-0.1, -0.05) is 24.3 Å². The predicted octanol–water partition coefficient (Wildman–Crippen LogP) is 2.58. The third-order valence-electron chi connectivity index (χ3n) is 5.20. The maximum absolute atomic E-state index is 12.6. The second-order valence-electron chi connectivity index (χ2n) is 7.29. The first-order valence-corrected chi connectivity index (χ1v) is 11.2. The highest BCUT2D eigenvalue weighted by Gasteiger charge is 2.39. The topological polar surface area (TPSA) is 91.2 Å². The van der Waals surface area contributed by atoms with Crippen molar-refractivity contribution in [3.8, 4) is 12.3 Å². The molecule has 1 aromatic rings. The van der Waals surface area contributed by atoms with Crippen molar-refractivity contribution in [3.05, 3.63) is 35.4 Å². The van der Waals surface area contributed by atoms with Crippen LogP contribution in [0.5, 0.6) is 0 Å². The van der Waals surface area contributed by atoms with Gasteiger partial charge in [-0.25, -0.2) is 12.7 Å². The van der Waals surface area contributed by atoms with Crippen LogP contribution in [0.1, 0.15) is 49.7 Å². The number of carbonyl (C=O) groups excluding carboxylic acids is 1. The molecule has 1 N–H and O–H groups in total. The maximum Gasteiger partial charge on any atom is 0.220 e. The average Bonchev–Trinajstić information content (AvgIpc) is 3.21. The lowest BCUT2D eigenvalue weighted by atomic mass is 10.0. The van der Waals surface area contributed by atoms with E-state index in [-0.39, 0.29) is 11.7 Å². The summed E-state index contributed by atoms with van der Waals surface area (Å²) >= 11 is 0. The zero-order chi connectivity index (χ0) is 20.0. The smallest absolute Gasteiger partial charge is 0.220 e. The molecule has 0 bridgehead atoms. The van der Waals surface area contributed by atoms with Crippen LogP contribution in [0.15, 0.2) is 34.5 Å². The number of carbonyl (C=O) groups is 1. The summed E-state index contributed by atoms with van der Waals surface area (Å²) in [5.41, 5.74) is 1.08. The Morgan fingerprint density at radius 3 is 2.50 bits per heavy atom. The third-order valence-corrected chi connectivity index (χ3v) is 7.02. The molecule has 0 spiro atoms. The van der Waals surface area contributed by atoms with Crippen LogP contribution < -0.4 is 5.32 Å². The van der Waals surface area contributed by atoms with Gasteiger partial charge < -0.3 is 5.32 Å². The van der Waals surface area contributed by atoms with Gasteiger partial charge in [-0.2, -0.15) is 10.2 Å². The van der Waals surface area contributed by atoms with E-state index in [0.717, 1.165) is 24.0 Å². The summed E-state index contributed by atoms with van der Waals surface area (Å²) in [7, 11) is -3.32. The summed E-state index contributed by atoms with van der Waals surface area (Å²) in [4.78, 5) is 12.2. The summed E-state index contributed by atoms with van der Waals surface area (Å²) in [6.07, 6.45) is 9.22. The lowest BCUT2D eigenvalue weighted by molar-refractivity contribution is -0.121. The standard InChI is InChI=1S/C20H26N4O3S/c1-2-3-11-20(22-23-20)12-10-19(25)21-15-17-8-4-5-9-18(17)16-28(26,27)24-13-6-7-14-24/h1,4-5,8-9H,3,6-7,10-16H2,(H,21,25). The maximum atomic E-state index is 12.6. The van der Waals surface area contributed by atoms with Crippen molar-refractivity contribution < 1.29 is 13.2 Å². The fourth-order valence-electron chi connectivity index (χ4n) is 3.39. The number of benzene rings is 1. The Balaban J connectivity index is 1.52. The van der Waals surface area contributed by atoms with Gasteiger partial charge in [0.25, 0.3) is 0 Å². The van der Waals surface area contributed by atoms with Gasteiger partial charge in [-0.3, -0.25) is 4.79 Å². The molecule has 1 fully saturated rings. The van der Waals surface area contributed by atoms with Crippen molar-refractivity contribution in [1.29, 1.82) is 0 Å². The minimum Gasteiger partial charge on any atom is -0.352 e. The summed E-state index contributed by atoms with van der Waals surface area (Å²) in [6.45, 7) is 1.49. The molecule has 7 nitrogen and oxygen atoms in total. The molecule has 0 aliphatic carbocycles. The van der Waals surface area contributed by atoms with Crippen LogP contribution in [-0.2, 0) is 27.1 Å². The van der Waals surface area contributed by atoms with Gasteiger partial charge in [0.2, 0.25) is 15.9 Å². The molecule has 0 unspecified atom stereocenters. The fraction of sp³-hybridized carbons (Fsp3) is 0.550. The Labute approximate surface area is 166 Å². The molecular weight excluding hydrogens is 376 g/mol. The Hall–Kier alpha value is -2.24. The van der Waals surface area contributed by atoms with Crippen LogP contribution in [0.3, 0.4) is 0 Å². The van der Waals surface area contributed by atoms with Crippen molar-refractivity contribution >= 4 is 15.9 Å². The number of amides is 1. The number of nitrogens with one attached hydrogen (secondary N) is 1. The highest BCUT2D eigenvalue weighted by molar-refractivity contribution is 7.88. The minimum absolute atomic E-state index is 0.0357. The number of sulfonamides is 1. The summed E-state index contributed by atoms with van der Waals surface area (Å²) < 4.78 is 26.8. The van der Waals surface area contributed by atoms with Crippen molar-refractivity contribution in [2.24, 2.45) is 10.2 Å².